The molecule has 104 valence electrons. The Morgan fingerprint density at radius 3 is 2.00 bits per heavy atom. The van der Waals surface area contributed by atoms with Crippen molar-refractivity contribution in [3.8, 4) is 6.07 Å². The van der Waals surface area contributed by atoms with Crippen LogP contribution in [0.2, 0.25) is 0 Å². The highest BCUT2D eigenvalue weighted by molar-refractivity contribution is 5.85. The molecule has 0 spiro atoms. The number of hydrogen-bond acceptors (Lipinski definition) is 3. The van der Waals surface area contributed by atoms with E-state index >= 15 is 0 Å². The second-order valence-corrected chi connectivity index (χ2v) is 5.67. The maximum atomic E-state index is 12.4. The van der Waals surface area contributed by atoms with E-state index in [9.17, 15) is 15.2 Å². The van der Waals surface area contributed by atoms with Crippen LogP contribution < -0.4 is 0 Å². The Hall–Kier alpha value is -1.08. The number of amides is 1. The van der Waals surface area contributed by atoms with Crippen LogP contribution >= 0.6 is 0 Å². The first-order valence-electron chi connectivity index (χ1n) is 6.61. The monoisotopic (exact) mass is 254 g/mol. The third kappa shape index (κ3) is 4.66. The first-order chi connectivity index (χ1) is 8.22. The Labute approximate surface area is 111 Å². The van der Waals surface area contributed by atoms with E-state index in [-0.39, 0.29) is 12.5 Å². The zero-order chi connectivity index (χ0) is 14.4. The van der Waals surface area contributed by atoms with Gasteiger partial charge in [0, 0.05) is 13.6 Å². The molecule has 4 nitrogen and oxygen atoms in total. The van der Waals surface area contributed by atoms with Crippen molar-refractivity contribution in [2.75, 3.05) is 13.6 Å². The Balaban J connectivity index is 5.02. The van der Waals surface area contributed by atoms with Crippen molar-refractivity contribution in [1.82, 2.24) is 4.90 Å². The fourth-order valence-electron chi connectivity index (χ4n) is 2.37. The first kappa shape index (κ1) is 16.9. The van der Waals surface area contributed by atoms with Gasteiger partial charge in [-0.05, 0) is 26.7 Å². The summed E-state index contributed by atoms with van der Waals surface area (Å²) in [5.41, 5.74) is -1.87. The average Bonchev–Trinajstić information content (AvgIpc) is 2.25. The van der Waals surface area contributed by atoms with Crippen molar-refractivity contribution in [1.29, 1.82) is 5.26 Å². The van der Waals surface area contributed by atoms with Gasteiger partial charge >= 0.3 is 0 Å². The predicted molar refractivity (Wildman–Crippen MR) is 71.8 cm³/mol. The molecule has 0 bridgehead atoms. The smallest absolute Gasteiger partial charge is 0.242 e. The van der Waals surface area contributed by atoms with E-state index in [2.05, 4.69) is 6.07 Å². The van der Waals surface area contributed by atoms with Crippen LogP contribution in [0.25, 0.3) is 0 Å². The fraction of sp³-hybridized carbons (Fsp3) is 0.857. The van der Waals surface area contributed by atoms with E-state index in [1.165, 1.54) is 4.90 Å². The van der Waals surface area contributed by atoms with Gasteiger partial charge in [-0.2, -0.15) is 5.26 Å². The number of carbonyl (C=O) groups excluding carboxylic acids is 1. The van der Waals surface area contributed by atoms with Crippen LogP contribution in [-0.4, -0.2) is 35.1 Å². The lowest BCUT2D eigenvalue weighted by Gasteiger charge is -2.33. The third-order valence-electron chi connectivity index (χ3n) is 2.95. The van der Waals surface area contributed by atoms with Gasteiger partial charge in [-0.15, -0.1) is 0 Å². The number of likely N-dealkylation sites (N-methyl/N-ethyl adjacent to an activating group) is 1. The van der Waals surface area contributed by atoms with E-state index in [1.807, 2.05) is 13.8 Å². The van der Waals surface area contributed by atoms with Crippen LogP contribution in [0.1, 0.15) is 53.4 Å². The SMILES string of the molecule is CCCC(C#N)(CCC)C(=O)N(C)CC(C)(C)O. The quantitative estimate of drug-likeness (QED) is 0.758. The van der Waals surface area contributed by atoms with Crippen molar-refractivity contribution in [2.45, 2.75) is 59.0 Å². The summed E-state index contributed by atoms with van der Waals surface area (Å²) in [4.78, 5) is 13.9. The summed E-state index contributed by atoms with van der Waals surface area (Å²) in [6, 6.07) is 2.21. The van der Waals surface area contributed by atoms with E-state index in [0.29, 0.717) is 12.8 Å². The van der Waals surface area contributed by atoms with E-state index in [0.717, 1.165) is 12.8 Å². The van der Waals surface area contributed by atoms with Crippen molar-refractivity contribution in [3.05, 3.63) is 0 Å². The summed E-state index contributed by atoms with van der Waals surface area (Å²) in [7, 11) is 1.65. The van der Waals surface area contributed by atoms with Crippen LogP contribution in [0.5, 0.6) is 0 Å². The second kappa shape index (κ2) is 6.75. The van der Waals surface area contributed by atoms with Crippen LogP contribution in [0.3, 0.4) is 0 Å². The number of hydrogen-bond donors (Lipinski definition) is 1. The number of nitrogens with zero attached hydrogens (tertiary/aromatic N) is 2. The van der Waals surface area contributed by atoms with Crippen molar-refractivity contribution in [3.63, 3.8) is 0 Å². The third-order valence-corrected chi connectivity index (χ3v) is 2.95. The van der Waals surface area contributed by atoms with Gasteiger partial charge in [0.2, 0.25) is 5.91 Å². The highest BCUT2D eigenvalue weighted by Crippen LogP contribution is 2.31. The van der Waals surface area contributed by atoms with Gasteiger partial charge in [-0.1, -0.05) is 26.7 Å². The molecule has 0 aromatic heterocycles. The van der Waals surface area contributed by atoms with Gasteiger partial charge < -0.3 is 10.0 Å². The molecule has 0 rings (SSSR count). The van der Waals surface area contributed by atoms with Gasteiger partial charge in [0.15, 0.2) is 0 Å². The molecule has 0 aliphatic heterocycles. The number of aliphatic hydroxyl groups is 1. The maximum absolute atomic E-state index is 12.4. The molecule has 0 unspecified atom stereocenters. The van der Waals surface area contributed by atoms with Gasteiger partial charge in [0.05, 0.1) is 11.7 Å². The number of carbonyl (C=O) groups is 1. The first-order valence-corrected chi connectivity index (χ1v) is 6.61. The summed E-state index contributed by atoms with van der Waals surface area (Å²) >= 11 is 0. The lowest BCUT2D eigenvalue weighted by molar-refractivity contribution is -0.141. The molecule has 0 aromatic rings. The van der Waals surface area contributed by atoms with Crippen LogP contribution in [0.15, 0.2) is 0 Å². The van der Waals surface area contributed by atoms with Gasteiger partial charge in [-0.25, -0.2) is 0 Å². The van der Waals surface area contributed by atoms with E-state index < -0.39 is 11.0 Å². The molecular weight excluding hydrogens is 228 g/mol. The maximum Gasteiger partial charge on any atom is 0.242 e. The molecule has 0 heterocycles. The molecule has 0 saturated carbocycles. The Morgan fingerprint density at radius 1 is 1.28 bits per heavy atom. The second-order valence-electron chi connectivity index (χ2n) is 5.67. The minimum atomic E-state index is -0.940. The Kier molecular flexibility index (Phi) is 6.34. The summed E-state index contributed by atoms with van der Waals surface area (Å²) in [5.74, 6) is -0.171. The van der Waals surface area contributed by atoms with Crippen molar-refractivity contribution >= 4 is 5.91 Å². The molecule has 0 aliphatic carbocycles. The van der Waals surface area contributed by atoms with Crippen LogP contribution in [0.4, 0.5) is 0 Å². The van der Waals surface area contributed by atoms with Crippen LogP contribution in [-0.2, 0) is 4.79 Å². The summed E-state index contributed by atoms with van der Waals surface area (Å²) < 4.78 is 0. The molecule has 0 aromatic carbocycles. The Bertz CT molecular complexity index is 307. The van der Waals surface area contributed by atoms with Gasteiger partial charge in [0.1, 0.15) is 5.41 Å². The number of nitriles is 1. The minimum Gasteiger partial charge on any atom is -0.389 e. The predicted octanol–water partition coefficient (Wildman–Crippen LogP) is 2.33. The standard InChI is InChI=1S/C14H26N2O2/c1-6-8-14(10-15,9-7-2)12(17)16(5)11-13(3,4)18/h18H,6-9,11H2,1-5H3. The molecule has 1 N–H and O–H groups in total. The zero-order valence-corrected chi connectivity index (χ0v) is 12.3. The zero-order valence-electron chi connectivity index (χ0n) is 12.3. The summed E-state index contributed by atoms with van der Waals surface area (Å²) in [6.45, 7) is 7.51. The Morgan fingerprint density at radius 2 is 1.72 bits per heavy atom. The highest BCUT2D eigenvalue weighted by atomic mass is 16.3. The molecule has 4 heteroatoms. The molecule has 0 saturated heterocycles. The summed E-state index contributed by atoms with van der Waals surface area (Å²) in [6.07, 6.45) is 2.75. The molecule has 0 radical (unpaired) electrons. The normalized spacial score (nSPS) is 12.1. The lowest BCUT2D eigenvalue weighted by Crippen LogP contribution is -2.46. The van der Waals surface area contributed by atoms with Gasteiger partial charge in [-0.3, -0.25) is 4.79 Å². The molecule has 0 atom stereocenters. The average molecular weight is 254 g/mol. The lowest BCUT2D eigenvalue weighted by atomic mass is 9.79. The molecule has 1 amide bonds. The highest BCUT2D eigenvalue weighted by Gasteiger charge is 2.39. The topological polar surface area (TPSA) is 64.3 Å². The fourth-order valence-corrected chi connectivity index (χ4v) is 2.37. The van der Waals surface area contributed by atoms with Crippen molar-refractivity contribution in [2.24, 2.45) is 5.41 Å². The van der Waals surface area contributed by atoms with Crippen LogP contribution in [0, 0.1) is 16.7 Å². The van der Waals surface area contributed by atoms with Crippen molar-refractivity contribution < 1.29 is 9.90 Å². The van der Waals surface area contributed by atoms with E-state index in [1.54, 1.807) is 20.9 Å². The molecule has 18 heavy (non-hydrogen) atoms. The molecular formula is C14H26N2O2. The number of rotatable bonds is 7. The minimum absolute atomic E-state index is 0.171. The van der Waals surface area contributed by atoms with Gasteiger partial charge in [0.25, 0.3) is 0 Å². The van der Waals surface area contributed by atoms with E-state index in [4.69, 9.17) is 0 Å². The largest absolute Gasteiger partial charge is 0.389 e. The molecule has 0 aliphatic rings. The molecule has 0 fully saturated rings. The summed E-state index contributed by atoms with van der Waals surface area (Å²) in [5, 5.41) is 19.2.